The van der Waals surface area contributed by atoms with Crippen molar-refractivity contribution >= 4 is 39.9 Å². The third kappa shape index (κ3) is 3.46. The minimum Gasteiger partial charge on any atom is -0.366 e. The molecule has 0 aromatic carbocycles. The second kappa shape index (κ2) is 6.94. The van der Waals surface area contributed by atoms with E-state index in [4.69, 9.17) is 5.73 Å². The highest BCUT2D eigenvalue weighted by Crippen LogP contribution is 2.40. The molecule has 1 unspecified atom stereocenters. The van der Waals surface area contributed by atoms with Gasteiger partial charge in [-0.05, 0) is 38.1 Å². The molecule has 1 fully saturated rings. The standard InChI is InChI=1S/C15H19N5O2S2/c1-3-20-12(9-4-5-9)18-19-15(20)24-8(2)13(22)17-14-10(11(16)21)6-7-23-14/h6-9H,3-5H2,1-2H3,(H2,16,21)(H,17,22). The minimum absolute atomic E-state index is 0.191. The van der Waals surface area contributed by atoms with Crippen LogP contribution in [0.25, 0.3) is 0 Å². The zero-order chi connectivity index (χ0) is 17.3. The van der Waals surface area contributed by atoms with Gasteiger partial charge in [-0.15, -0.1) is 21.5 Å². The number of thioether (sulfide) groups is 1. The molecule has 2 amide bonds. The first kappa shape index (κ1) is 17.0. The molecule has 2 heterocycles. The van der Waals surface area contributed by atoms with Crippen LogP contribution in [-0.2, 0) is 11.3 Å². The molecule has 3 rings (SSSR count). The first-order chi connectivity index (χ1) is 11.5. The minimum atomic E-state index is -0.549. The summed E-state index contributed by atoms with van der Waals surface area (Å²) in [5, 5.41) is 13.9. The van der Waals surface area contributed by atoms with E-state index in [1.54, 1.807) is 11.4 Å². The van der Waals surface area contributed by atoms with E-state index in [0.717, 1.165) is 30.4 Å². The Labute approximate surface area is 148 Å². The van der Waals surface area contributed by atoms with Crippen LogP contribution in [-0.4, -0.2) is 31.8 Å². The van der Waals surface area contributed by atoms with E-state index >= 15 is 0 Å². The van der Waals surface area contributed by atoms with Gasteiger partial charge in [0.25, 0.3) is 5.91 Å². The van der Waals surface area contributed by atoms with Crippen LogP contribution in [0.5, 0.6) is 0 Å². The van der Waals surface area contributed by atoms with Gasteiger partial charge < -0.3 is 15.6 Å². The summed E-state index contributed by atoms with van der Waals surface area (Å²) in [6.45, 7) is 4.64. The summed E-state index contributed by atoms with van der Waals surface area (Å²) in [5.41, 5.74) is 5.63. The number of carbonyl (C=O) groups excluding carboxylic acids is 2. The van der Waals surface area contributed by atoms with Crippen LogP contribution in [0.1, 0.15) is 48.8 Å². The van der Waals surface area contributed by atoms with Gasteiger partial charge in [-0.25, -0.2) is 0 Å². The quantitative estimate of drug-likeness (QED) is 0.734. The number of carbonyl (C=O) groups is 2. The van der Waals surface area contributed by atoms with E-state index in [1.165, 1.54) is 23.1 Å². The fourth-order valence-electron chi connectivity index (χ4n) is 2.35. The molecular weight excluding hydrogens is 346 g/mol. The van der Waals surface area contributed by atoms with E-state index in [-0.39, 0.29) is 11.2 Å². The van der Waals surface area contributed by atoms with Crippen LogP contribution in [0.15, 0.2) is 16.6 Å². The predicted molar refractivity (Wildman–Crippen MR) is 94.5 cm³/mol. The molecule has 1 aliphatic carbocycles. The molecule has 1 aliphatic rings. The van der Waals surface area contributed by atoms with Crippen molar-refractivity contribution in [2.45, 2.75) is 49.6 Å². The van der Waals surface area contributed by atoms with E-state index in [1.807, 2.05) is 6.92 Å². The maximum absolute atomic E-state index is 12.4. The van der Waals surface area contributed by atoms with Crippen molar-refractivity contribution in [3.8, 4) is 0 Å². The Morgan fingerprint density at radius 1 is 1.50 bits per heavy atom. The summed E-state index contributed by atoms with van der Waals surface area (Å²) in [7, 11) is 0. The van der Waals surface area contributed by atoms with Crippen LogP contribution in [0, 0.1) is 0 Å². The molecule has 2 aromatic heterocycles. The van der Waals surface area contributed by atoms with Crippen molar-refractivity contribution in [2.24, 2.45) is 5.73 Å². The Morgan fingerprint density at radius 3 is 2.88 bits per heavy atom. The molecule has 0 bridgehead atoms. The fourth-order valence-corrected chi connectivity index (χ4v) is 4.07. The summed E-state index contributed by atoms with van der Waals surface area (Å²) < 4.78 is 2.08. The Bertz CT molecular complexity index is 766. The average molecular weight is 365 g/mol. The number of rotatable bonds is 7. The number of thiophene rings is 1. The summed E-state index contributed by atoms with van der Waals surface area (Å²) in [6, 6.07) is 1.61. The third-order valence-corrected chi connectivity index (χ3v) is 5.73. The van der Waals surface area contributed by atoms with Crippen LogP contribution >= 0.6 is 23.1 Å². The van der Waals surface area contributed by atoms with Crippen molar-refractivity contribution in [2.75, 3.05) is 5.32 Å². The van der Waals surface area contributed by atoms with E-state index in [2.05, 4.69) is 27.0 Å². The number of nitrogens with two attached hydrogens (primary N) is 1. The number of amides is 2. The molecule has 9 heteroatoms. The molecule has 0 spiro atoms. The van der Waals surface area contributed by atoms with Crippen LogP contribution < -0.4 is 11.1 Å². The molecule has 0 aliphatic heterocycles. The lowest BCUT2D eigenvalue weighted by Gasteiger charge is -2.12. The molecule has 0 radical (unpaired) electrons. The van der Waals surface area contributed by atoms with Crippen molar-refractivity contribution in [3.63, 3.8) is 0 Å². The lowest BCUT2D eigenvalue weighted by atomic mass is 10.3. The highest BCUT2D eigenvalue weighted by atomic mass is 32.2. The van der Waals surface area contributed by atoms with Gasteiger partial charge in [0.15, 0.2) is 5.16 Å². The van der Waals surface area contributed by atoms with E-state index in [9.17, 15) is 9.59 Å². The van der Waals surface area contributed by atoms with Gasteiger partial charge >= 0.3 is 0 Å². The summed E-state index contributed by atoms with van der Waals surface area (Å²) in [6.07, 6.45) is 2.32. The van der Waals surface area contributed by atoms with E-state index in [0.29, 0.717) is 16.5 Å². The van der Waals surface area contributed by atoms with Crippen LogP contribution in [0.2, 0.25) is 0 Å². The first-order valence-corrected chi connectivity index (χ1v) is 9.55. The zero-order valence-electron chi connectivity index (χ0n) is 13.5. The maximum atomic E-state index is 12.4. The molecule has 24 heavy (non-hydrogen) atoms. The van der Waals surface area contributed by atoms with Gasteiger partial charge in [0, 0.05) is 12.5 Å². The average Bonchev–Trinajstić information content (AvgIpc) is 3.14. The Morgan fingerprint density at radius 2 is 2.25 bits per heavy atom. The Balaban J connectivity index is 1.68. The number of nitrogens with zero attached hydrogens (tertiary/aromatic N) is 3. The molecule has 1 saturated carbocycles. The van der Waals surface area contributed by atoms with Crippen LogP contribution in [0.3, 0.4) is 0 Å². The van der Waals surface area contributed by atoms with E-state index < -0.39 is 5.91 Å². The monoisotopic (exact) mass is 365 g/mol. The largest absolute Gasteiger partial charge is 0.366 e. The second-order valence-electron chi connectivity index (χ2n) is 5.64. The van der Waals surface area contributed by atoms with Gasteiger partial charge in [0.1, 0.15) is 10.8 Å². The van der Waals surface area contributed by atoms with Gasteiger partial charge in [-0.2, -0.15) is 0 Å². The highest BCUT2D eigenvalue weighted by Gasteiger charge is 2.30. The molecule has 128 valence electrons. The third-order valence-electron chi connectivity index (χ3n) is 3.82. The van der Waals surface area contributed by atoms with Gasteiger partial charge in [-0.1, -0.05) is 11.8 Å². The van der Waals surface area contributed by atoms with Crippen LogP contribution in [0.4, 0.5) is 5.00 Å². The van der Waals surface area contributed by atoms with Crippen molar-refractivity contribution < 1.29 is 9.59 Å². The van der Waals surface area contributed by atoms with Gasteiger partial charge in [-0.3, -0.25) is 9.59 Å². The molecular formula is C15H19N5O2S2. The lowest BCUT2D eigenvalue weighted by molar-refractivity contribution is -0.115. The Hall–Kier alpha value is -1.87. The number of anilines is 1. The first-order valence-electron chi connectivity index (χ1n) is 7.79. The number of aromatic nitrogens is 3. The second-order valence-corrected chi connectivity index (χ2v) is 7.86. The van der Waals surface area contributed by atoms with Crippen molar-refractivity contribution in [3.05, 3.63) is 22.8 Å². The normalized spacial score (nSPS) is 15.2. The number of nitrogens with one attached hydrogen (secondary N) is 1. The molecule has 2 aromatic rings. The summed E-state index contributed by atoms with van der Waals surface area (Å²) in [4.78, 5) is 23.7. The van der Waals surface area contributed by atoms with Gasteiger partial charge in [0.2, 0.25) is 5.91 Å². The Kier molecular flexibility index (Phi) is 4.91. The number of hydrogen-bond donors (Lipinski definition) is 2. The lowest BCUT2D eigenvalue weighted by Crippen LogP contribution is -2.24. The topological polar surface area (TPSA) is 103 Å². The molecule has 3 N–H and O–H groups in total. The number of hydrogen-bond acceptors (Lipinski definition) is 6. The zero-order valence-corrected chi connectivity index (χ0v) is 15.1. The SMILES string of the molecule is CCn1c(SC(C)C(=O)Nc2sccc2C(N)=O)nnc1C1CC1. The highest BCUT2D eigenvalue weighted by molar-refractivity contribution is 8.00. The maximum Gasteiger partial charge on any atom is 0.251 e. The van der Waals surface area contributed by atoms with Crippen molar-refractivity contribution in [1.29, 1.82) is 0 Å². The summed E-state index contributed by atoms with van der Waals surface area (Å²) in [5.74, 6) is 0.789. The molecule has 7 nitrogen and oxygen atoms in total. The fraction of sp³-hybridized carbons (Fsp3) is 0.467. The molecule has 1 atom stereocenters. The smallest absolute Gasteiger partial charge is 0.251 e. The number of primary amides is 1. The molecule has 0 saturated heterocycles. The van der Waals surface area contributed by atoms with Gasteiger partial charge in [0.05, 0.1) is 10.8 Å². The summed E-state index contributed by atoms with van der Waals surface area (Å²) >= 11 is 2.65. The predicted octanol–water partition coefficient (Wildman–Crippen LogP) is 2.46. The van der Waals surface area contributed by atoms with Crippen molar-refractivity contribution in [1.82, 2.24) is 14.8 Å².